The maximum atomic E-state index is 11.7. The topological polar surface area (TPSA) is 29.1 Å². The number of amides is 2. The van der Waals surface area contributed by atoms with Gasteiger partial charge in [0, 0.05) is 24.8 Å². The van der Waals surface area contributed by atoms with Crippen LogP contribution in [0.25, 0.3) is 6.08 Å². The smallest absolute Gasteiger partial charge is 0.308 e. The van der Waals surface area contributed by atoms with Crippen LogP contribution in [0.4, 0.5) is 10.5 Å². The molecule has 1 aromatic rings. The van der Waals surface area contributed by atoms with Crippen molar-refractivity contribution in [3.05, 3.63) is 36.0 Å². The van der Waals surface area contributed by atoms with Crippen LogP contribution in [0, 0.1) is 0 Å². The fraction of sp³-hybridized carbons (Fsp3) is 0.182. The molecule has 14 heavy (non-hydrogen) atoms. The van der Waals surface area contributed by atoms with Gasteiger partial charge in [-0.2, -0.15) is 4.48 Å². The summed E-state index contributed by atoms with van der Waals surface area (Å²) in [6.45, 7) is 0. The Morgan fingerprint density at radius 2 is 2.07 bits per heavy atom. The van der Waals surface area contributed by atoms with E-state index in [0.717, 1.165) is 11.3 Å². The summed E-state index contributed by atoms with van der Waals surface area (Å²) in [6.07, 6.45) is 3.87. The van der Waals surface area contributed by atoms with Crippen molar-refractivity contribution in [3.63, 3.8) is 0 Å². The summed E-state index contributed by atoms with van der Waals surface area (Å²) in [5, 5.41) is 2.67. The number of hydrogen-bond donors (Lipinski definition) is 1. The van der Waals surface area contributed by atoms with E-state index in [-0.39, 0.29) is 10.5 Å². The summed E-state index contributed by atoms with van der Waals surface area (Å²) < 4.78 is 0.201. The van der Waals surface area contributed by atoms with Crippen molar-refractivity contribution in [2.45, 2.75) is 0 Å². The zero-order valence-corrected chi connectivity index (χ0v) is 8.32. The van der Waals surface area contributed by atoms with Gasteiger partial charge in [0.05, 0.1) is 7.05 Å². The number of quaternary nitrogens is 1. The van der Waals surface area contributed by atoms with E-state index < -0.39 is 0 Å². The van der Waals surface area contributed by atoms with Gasteiger partial charge in [-0.05, 0) is 6.07 Å². The maximum Gasteiger partial charge on any atom is 0.425 e. The van der Waals surface area contributed by atoms with Crippen LogP contribution in [0.5, 0.6) is 0 Å². The average molecular weight is 189 g/mol. The molecule has 0 saturated heterocycles. The number of benzene rings is 1. The minimum Gasteiger partial charge on any atom is -0.308 e. The van der Waals surface area contributed by atoms with Gasteiger partial charge < -0.3 is 5.32 Å². The SMILES string of the molecule is CNC(=O)[N+]1(C)C=Cc2ccccc21. The molecule has 1 heterocycles. The lowest BCUT2D eigenvalue weighted by atomic mass is 10.2. The molecule has 3 nitrogen and oxygen atoms in total. The van der Waals surface area contributed by atoms with Crippen molar-refractivity contribution in [2.24, 2.45) is 0 Å². The molecule has 3 heteroatoms. The van der Waals surface area contributed by atoms with E-state index in [1.165, 1.54) is 0 Å². The zero-order chi connectivity index (χ0) is 10.2. The highest BCUT2D eigenvalue weighted by molar-refractivity contribution is 5.94. The lowest BCUT2D eigenvalue weighted by Gasteiger charge is -2.23. The Hall–Kier alpha value is -1.61. The Morgan fingerprint density at radius 1 is 1.36 bits per heavy atom. The maximum absolute atomic E-state index is 11.7. The molecule has 0 spiro atoms. The minimum atomic E-state index is -0.0220. The van der Waals surface area contributed by atoms with E-state index >= 15 is 0 Å². The van der Waals surface area contributed by atoms with E-state index in [1.807, 2.05) is 43.6 Å². The highest BCUT2D eigenvalue weighted by Gasteiger charge is 2.36. The molecule has 0 aromatic heterocycles. The molecule has 1 aliphatic rings. The lowest BCUT2D eigenvalue weighted by Crippen LogP contribution is -2.49. The average Bonchev–Trinajstić information content (AvgIpc) is 2.58. The number of carbonyl (C=O) groups is 1. The van der Waals surface area contributed by atoms with Crippen molar-refractivity contribution in [2.75, 3.05) is 14.1 Å². The first-order valence-electron chi connectivity index (χ1n) is 4.56. The molecular formula is C11H13N2O+. The molecule has 0 radical (unpaired) electrons. The molecule has 72 valence electrons. The van der Waals surface area contributed by atoms with Gasteiger partial charge in [-0.1, -0.05) is 12.1 Å². The number of urea groups is 1. The highest BCUT2D eigenvalue weighted by Crippen LogP contribution is 2.33. The van der Waals surface area contributed by atoms with Gasteiger partial charge in [-0.15, -0.1) is 0 Å². The monoisotopic (exact) mass is 189 g/mol. The molecule has 2 rings (SSSR count). The molecule has 1 atom stereocenters. The summed E-state index contributed by atoms with van der Waals surface area (Å²) in [4.78, 5) is 11.7. The van der Waals surface area contributed by atoms with E-state index in [9.17, 15) is 4.79 Å². The van der Waals surface area contributed by atoms with Crippen LogP contribution in [0.1, 0.15) is 5.56 Å². The third kappa shape index (κ3) is 1.06. The van der Waals surface area contributed by atoms with Crippen molar-refractivity contribution < 1.29 is 4.79 Å². The van der Waals surface area contributed by atoms with Crippen LogP contribution < -0.4 is 9.80 Å². The summed E-state index contributed by atoms with van der Waals surface area (Å²) in [6, 6.07) is 7.89. The number of fused-ring (bicyclic) bond motifs is 1. The Balaban J connectivity index is 2.52. The van der Waals surface area contributed by atoms with Gasteiger partial charge in [0.25, 0.3) is 0 Å². The van der Waals surface area contributed by atoms with Crippen molar-refractivity contribution >= 4 is 17.8 Å². The highest BCUT2D eigenvalue weighted by atomic mass is 16.2. The summed E-state index contributed by atoms with van der Waals surface area (Å²) in [5.41, 5.74) is 2.13. The fourth-order valence-corrected chi connectivity index (χ4v) is 1.77. The second kappa shape index (κ2) is 2.96. The molecule has 1 unspecified atom stereocenters. The minimum absolute atomic E-state index is 0.0220. The second-order valence-corrected chi connectivity index (χ2v) is 3.51. The first-order chi connectivity index (χ1) is 6.68. The molecule has 0 aliphatic carbocycles. The Labute approximate surface area is 83.2 Å². The fourth-order valence-electron chi connectivity index (χ4n) is 1.77. The first-order valence-corrected chi connectivity index (χ1v) is 4.56. The third-order valence-corrected chi connectivity index (χ3v) is 2.63. The predicted octanol–water partition coefficient (Wildman–Crippen LogP) is 1.95. The molecule has 1 aromatic carbocycles. The summed E-state index contributed by atoms with van der Waals surface area (Å²) in [7, 11) is 3.53. The van der Waals surface area contributed by atoms with Gasteiger partial charge in [-0.3, -0.25) is 0 Å². The molecule has 1 N–H and O–H groups in total. The third-order valence-electron chi connectivity index (χ3n) is 2.63. The van der Waals surface area contributed by atoms with E-state index in [2.05, 4.69) is 5.32 Å². The summed E-state index contributed by atoms with van der Waals surface area (Å²) >= 11 is 0. The van der Waals surface area contributed by atoms with Gasteiger partial charge in [0.15, 0.2) is 5.69 Å². The number of hydrogen-bond acceptors (Lipinski definition) is 1. The molecule has 0 fully saturated rings. The van der Waals surface area contributed by atoms with Crippen molar-refractivity contribution in [1.29, 1.82) is 0 Å². The quantitative estimate of drug-likeness (QED) is 0.621. The van der Waals surface area contributed by atoms with Gasteiger partial charge in [0.2, 0.25) is 0 Å². The van der Waals surface area contributed by atoms with Crippen molar-refractivity contribution in [3.8, 4) is 0 Å². The normalized spacial score (nSPS) is 23.3. The Kier molecular flexibility index (Phi) is 1.89. The van der Waals surface area contributed by atoms with Crippen LogP contribution in [-0.4, -0.2) is 20.1 Å². The van der Waals surface area contributed by atoms with E-state index in [1.54, 1.807) is 7.05 Å². The number of para-hydroxylation sites is 1. The van der Waals surface area contributed by atoms with Crippen molar-refractivity contribution in [1.82, 2.24) is 9.80 Å². The zero-order valence-electron chi connectivity index (χ0n) is 8.32. The number of carbonyl (C=O) groups excluding carboxylic acids is 1. The first kappa shape index (κ1) is 8.97. The molecule has 2 amide bonds. The van der Waals surface area contributed by atoms with Gasteiger partial charge in [-0.25, -0.2) is 4.79 Å². The molecular weight excluding hydrogens is 176 g/mol. The Morgan fingerprint density at radius 3 is 2.79 bits per heavy atom. The molecule has 0 bridgehead atoms. The number of nitrogens with zero attached hydrogens (tertiary/aromatic N) is 1. The number of rotatable bonds is 0. The van der Waals surface area contributed by atoms with Gasteiger partial charge in [0.1, 0.15) is 6.20 Å². The summed E-state index contributed by atoms with van der Waals surface area (Å²) in [5.74, 6) is 0. The Bertz CT molecular complexity index is 412. The van der Waals surface area contributed by atoms with E-state index in [4.69, 9.17) is 0 Å². The van der Waals surface area contributed by atoms with Crippen LogP contribution in [-0.2, 0) is 0 Å². The standard InChI is InChI=1S/C11H12N2O/c1-12-11(14)13(2)8-7-9-5-3-4-6-10(9)13/h3-8H,1-2H3/p+1. The number of nitrogens with one attached hydrogen (secondary N) is 1. The van der Waals surface area contributed by atoms with Crippen LogP contribution >= 0.6 is 0 Å². The molecule has 0 saturated carbocycles. The van der Waals surface area contributed by atoms with Crippen LogP contribution in [0.15, 0.2) is 30.5 Å². The lowest BCUT2D eigenvalue weighted by molar-refractivity contribution is 0.225. The van der Waals surface area contributed by atoms with E-state index in [0.29, 0.717) is 0 Å². The van der Waals surface area contributed by atoms with Crippen LogP contribution in [0.2, 0.25) is 0 Å². The second-order valence-electron chi connectivity index (χ2n) is 3.51. The predicted molar refractivity (Wildman–Crippen MR) is 57.6 cm³/mol. The molecule has 1 aliphatic heterocycles. The van der Waals surface area contributed by atoms with Gasteiger partial charge >= 0.3 is 6.03 Å². The van der Waals surface area contributed by atoms with Crippen LogP contribution in [0.3, 0.4) is 0 Å². The largest absolute Gasteiger partial charge is 0.425 e.